The number of aliphatic hydroxyl groups excluding tert-OH is 1. The first-order valence-corrected chi connectivity index (χ1v) is 7.18. The van der Waals surface area contributed by atoms with Crippen LogP contribution in [0.1, 0.15) is 28.6 Å². The molecule has 0 fully saturated rings. The summed E-state index contributed by atoms with van der Waals surface area (Å²) < 4.78 is 2.74. The van der Waals surface area contributed by atoms with Gasteiger partial charge in [0.05, 0.1) is 22.0 Å². The van der Waals surface area contributed by atoms with Crippen LogP contribution in [0.15, 0.2) is 22.7 Å². The van der Waals surface area contributed by atoms with Crippen molar-refractivity contribution in [2.24, 2.45) is 7.05 Å². The molecule has 1 atom stereocenters. The molecule has 0 aliphatic carbocycles. The van der Waals surface area contributed by atoms with Gasteiger partial charge in [0.1, 0.15) is 0 Å². The first kappa shape index (κ1) is 14.6. The van der Waals surface area contributed by atoms with Gasteiger partial charge in [0.15, 0.2) is 0 Å². The van der Waals surface area contributed by atoms with Crippen molar-refractivity contribution < 1.29 is 5.11 Å². The molecule has 2 rings (SSSR count). The first-order valence-electron chi connectivity index (χ1n) is 6.01. The molecule has 0 aliphatic heterocycles. The Labute approximate surface area is 126 Å². The van der Waals surface area contributed by atoms with E-state index in [0.29, 0.717) is 11.4 Å². The minimum atomic E-state index is -0.594. The van der Waals surface area contributed by atoms with E-state index in [1.54, 1.807) is 10.7 Å². The molecular weight excluding hydrogens is 328 g/mol. The highest BCUT2D eigenvalue weighted by atomic mass is 79.9. The summed E-state index contributed by atoms with van der Waals surface area (Å²) in [5.41, 5.74) is 3.77. The third-order valence-corrected chi connectivity index (χ3v) is 4.35. The highest BCUT2D eigenvalue weighted by Crippen LogP contribution is 2.27. The predicted octanol–water partition coefficient (Wildman–Crippen LogP) is 3.73. The molecule has 19 heavy (non-hydrogen) atoms. The topological polar surface area (TPSA) is 38.1 Å². The van der Waals surface area contributed by atoms with E-state index in [2.05, 4.69) is 21.0 Å². The Hall–Kier alpha value is -0.840. The van der Waals surface area contributed by atoms with Crippen LogP contribution in [0.2, 0.25) is 5.02 Å². The van der Waals surface area contributed by atoms with Gasteiger partial charge in [-0.2, -0.15) is 5.10 Å². The minimum Gasteiger partial charge on any atom is -0.388 e. The summed E-state index contributed by atoms with van der Waals surface area (Å²) in [7, 11) is 1.88. The van der Waals surface area contributed by atoms with Gasteiger partial charge in [-0.25, -0.2) is 0 Å². The lowest BCUT2D eigenvalue weighted by molar-refractivity contribution is 0.175. The van der Waals surface area contributed by atoms with Crippen LogP contribution in [-0.4, -0.2) is 14.9 Å². The summed E-state index contributed by atoms with van der Waals surface area (Å²) in [5, 5.41) is 15.3. The lowest BCUT2D eigenvalue weighted by Gasteiger charge is -2.13. The summed E-state index contributed by atoms with van der Waals surface area (Å²) in [6.07, 6.45) is -0.0963. The fourth-order valence-electron chi connectivity index (χ4n) is 2.16. The van der Waals surface area contributed by atoms with Gasteiger partial charge in [0, 0.05) is 18.5 Å². The maximum atomic E-state index is 10.4. The smallest absolute Gasteiger partial charge is 0.0846 e. The number of aryl methyl sites for hydroxylation is 3. The number of benzene rings is 1. The third-order valence-electron chi connectivity index (χ3n) is 3.10. The van der Waals surface area contributed by atoms with Crippen molar-refractivity contribution in [3.05, 3.63) is 50.2 Å². The van der Waals surface area contributed by atoms with Gasteiger partial charge in [0.2, 0.25) is 0 Å². The van der Waals surface area contributed by atoms with Gasteiger partial charge in [-0.15, -0.1) is 0 Å². The number of nitrogens with zero attached hydrogens (tertiary/aromatic N) is 2. The SMILES string of the molecule is Cc1cc(Cl)cc(C(O)Cc2c(Br)c(C)nn2C)c1. The number of aliphatic hydroxyl groups is 1. The molecule has 0 saturated heterocycles. The lowest BCUT2D eigenvalue weighted by atomic mass is 10.0. The highest BCUT2D eigenvalue weighted by molar-refractivity contribution is 9.10. The van der Waals surface area contributed by atoms with Crippen molar-refractivity contribution in [2.75, 3.05) is 0 Å². The standard InChI is InChI=1S/C14H16BrClN2O/c1-8-4-10(6-11(16)5-8)13(19)7-12-14(15)9(2)17-18(12)3/h4-6,13,19H,7H2,1-3H3. The van der Waals surface area contributed by atoms with Crippen LogP contribution in [0.25, 0.3) is 0 Å². The Balaban J connectivity index is 2.27. The van der Waals surface area contributed by atoms with Crippen molar-refractivity contribution in [3.8, 4) is 0 Å². The van der Waals surface area contributed by atoms with Gasteiger partial charge in [-0.3, -0.25) is 4.68 Å². The average Bonchev–Trinajstić information content (AvgIpc) is 2.54. The summed E-state index contributed by atoms with van der Waals surface area (Å²) in [4.78, 5) is 0. The van der Waals surface area contributed by atoms with E-state index in [9.17, 15) is 5.11 Å². The molecule has 0 spiro atoms. The van der Waals surface area contributed by atoms with Crippen LogP contribution in [0.3, 0.4) is 0 Å². The third kappa shape index (κ3) is 3.19. The molecule has 1 aromatic heterocycles. The number of halogens is 2. The molecule has 1 N–H and O–H groups in total. The van der Waals surface area contributed by atoms with E-state index in [1.165, 1.54) is 0 Å². The van der Waals surface area contributed by atoms with Crippen molar-refractivity contribution in [1.82, 2.24) is 9.78 Å². The second kappa shape index (κ2) is 5.65. The van der Waals surface area contributed by atoms with Crippen molar-refractivity contribution in [3.63, 3.8) is 0 Å². The van der Waals surface area contributed by atoms with Gasteiger partial charge in [-0.05, 0) is 53.0 Å². The summed E-state index contributed by atoms with van der Waals surface area (Å²) in [6, 6.07) is 5.63. The van der Waals surface area contributed by atoms with Crippen molar-refractivity contribution in [1.29, 1.82) is 0 Å². The Morgan fingerprint density at radius 1 is 1.37 bits per heavy atom. The number of aromatic nitrogens is 2. The van der Waals surface area contributed by atoms with E-state index in [1.807, 2.05) is 33.0 Å². The Kier molecular flexibility index (Phi) is 4.33. The fraction of sp³-hybridized carbons (Fsp3) is 0.357. The molecule has 1 unspecified atom stereocenters. The monoisotopic (exact) mass is 342 g/mol. The molecule has 102 valence electrons. The van der Waals surface area contributed by atoms with Crippen LogP contribution in [-0.2, 0) is 13.5 Å². The molecule has 0 saturated carbocycles. The number of hydrogen-bond acceptors (Lipinski definition) is 2. The van der Waals surface area contributed by atoms with Gasteiger partial charge < -0.3 is 5.11 Å². The van der Waals surface area contributed by atoms with Gasteiger partial charge in [-0.1, -0.05) is 17.7 Å². The van der Waals surface area contributed by atoms with Crippen LogP contribution in [0, 0.1) is 13.8 Å². The number of hydrogen-bond donors (Lipinski definition) is 1. The second-order valence-electron chi connectivity index (χ2n) is 4.75. The molecular formula is C14H16BrClN2O. The quantitative estimate of drug-likeness (QED) is 0.922. The summed E-state index contributed by atoms with van der Waals surface area (Å²) in [5.74, 6) is 0. The molecule has 0 bridgehead atoms. The number of rotatable bonds is 3. The zero-order chi connectivity index (χ0) is 14.2. The summed E-state index contributed by atoms with van der Waals surface area (Å²) >= 11 is 9.54. The molecule has 0 amide bonds. The molecule has 5 heteroatoms. The van der Waals surface area contributed by atoms with Gasteiger partial charge in [0.25, 0.3) is 0 Å². The van der Waals surface area contributed by atoms with E-state index < -0.39 is 6.10 Å². The second-order valence-corrected chi connectivity index (χ2v) is 5.98. The molecule has 3 nitrogen and oxygen atoms in total. The lowest BCUT2D eigenvalue weighted by Crippen LogP contribution is -2.07. The first-order chi connectivity index (χ1) is 8.88. The Bertz CT molecular complexity index is 589. The zero-order valence-corrected chi connectivity index (χ0v) is 13.5. The Morgan fingerprint density at radius 3 is 2.58 bits per heavy atom. The Morgan fingerprint density at radius 2 is 2.05 bits per heavy atom. The van der Waals surface area contributed by atoms with E-state index in [0.717, 1.165) is 27.0 Å². The van der Waals surface area contributed by atoms with E-state index >= 15 is 0 Å². The van der Waals surface area contributed by atoms with Crippen LogP contribution >= 0.6 is 27.5 Å². The molecule has 0 aliphatic rings. The van der Waals surface area contributed by atoms with Crippen LogP contribution in [0.4, 0.5) is 0 Å². The van der Waals surface area contributed by atoms with Crippen molar-refractivity contribution in [2.45, 2.75) is 26.4 Å². The largest absolute Gasteiger partial charge is 0.388 e. The molecule has 0 radical (unpaired) electrons. The normalized spacial score (nSPS) is 12.7. The minimum absolute atomic E-state index is 0.498. The van der Waals surface area contributed by atoms with Crippen LogP contribution in [0.5, 0.6) is 0 Å². The van der Waals surface area contributed by atoms with Crippen molar-refractivity contribution >= 4 is 27.5 Å². The van der Waals surface area contributed by atoms with Gasteiger partial charge >= 0.3 is 0 Å². The fourth-order valence-corrected chi connectivity index (χ4v) is 2.96. The van der Waals surface area contributed by atoms with Crippen LogP contribution < -0.4 is 0 Å². The molecule has 1 heterocycles. The maximum absolute atomic E-state index is 10.4. The summed E-state index contributed by atoms with van der Waals surface area (Å²) in [6.45, 7) is 3.90. The van der Waals surface area contributed by atoms with E-state index in [-0.39, 0.29) is 0 Å². The zero-order valence-electron chi connectivity index (χ0n) is 11.1. The molecule has 2 aromatic rings. The molecule has 1 aromatic carbocycles. The highest BCUT2D eigenvalue weighted by Gasteiger charge is 2.16. The predicted molar refractivity (Wildman–Crippen MR) is 80.5 cm³/mol. The average molecular weight is 344 g/mol. The van der Waals surface area contributed by atoms with E-state index in [4.69, 9.17) is 11.6 Å². The maximum Gasteiger partial charge on any atom is 0.0846 e.